The van der Waals surface area contributed by atoms with Gasteiger partial charge in [-0.05, 0) is 47.0 Å². The van der Waals surface area contributed by atoms with Crippen LogP contribution in [0.3, 0.4) is 0 Å². The van der Waals surface area contributed by atoms with Gasteiger partial charge in [0.25, 0.3) is 0 Å². The van der Waals surface area contributed by atoms with Crippen molar-refractivity contribution in [3.8, 4) is 0 Å². The van der Waals surface area contributed by atoms with Crippen LogP contribution in [0.1, 0.15) is 64.3 Å². The van der Waals surface area contributed by atoms with Gasteiger partial charge in [0, 0.05) is 33.0 Å². The zero-order chi connectivity index (χ0) is 18.5. The van der Waals surface area contributed by atoms with E-state index in [1.807, 2.05) is 0 Å². The topological polar surface area (TPSA) is 15.8 Å². The number of allylic oxidation sites excluding steroid dienone is 5. The van der Waals surface area contributed by atoms with Crippen LogP contribution in [-0.2, 0) is 10.8 Å². The average molecular weight is 344 g/mol. The molecule has 0 spiro atoms. The highest BCUT2D eigenvalue weighted by atomic mass is 14.8. The molecule has 134 valence electrons. The summed E-state index contributed by atoms with van der Waals surface area (Å²) in [4.78, 5) is 3.82. The molecule has 1 aromatic carbocycles. The van der Waals surface area contributed by atoms with E-state index in [2.05, 4.69) is 82.6 Å². The molecule has 1 heteroatoms. The second kappa shape index (κ2) is 4.63. The summed E-state index contributed by atoms with van der Waals surface area (Å²) in [7, 11) is 0. The average Bonchev–Trinajstić information content (AvgIpc) is 2.94. The lowest BCUT2D eigenvalue weighted by atomic mass is 9.55. The fourth-order valence-electron chi connectivity index (χ4n) is 5.84. The highest BCUT2D eigenvalue weighted by Crippen LogP contribution is 2.61. The molecule has 3 aliphatic rings. The van der Waals surface area contributed by atoms with Crippen LogP contribution in [0, 0.1) is 11.3 Å². The summed E-state index contributed by atoms with van der Waals surface area (Å²) in [5.74, 6) is 0.566. The fraction of sp³-hybridized carbons (Fsp3) is 0.440. The van der Waals surface area contributed by atoms with Crippen molar-refractivity contribution in [2.24, 2.45) is 11.3 Å². The first-order valence-electron chi connectivity index (χ1n) is 9.94. The molecular weight excluding hydrogens is 314 g/mol. The van der Waals surface area contributed by atoms with Crippen LogP contribution >= 0.6 is 0 Å². The van der Waals surface area contributed by atoms with Crippen LogP contribution in [0.15, 0.2) is 48.6 Å². The minimum Gasteiger partial charge on any atom is -0.357 e. The number of hydrogen-bond acceptors (Lipinski definition) is 0. The molecular formula is C25H29N. The van der Waals surface area contributed by atoms with E-state index in [0.717, 1.165) is 0 Å². The molecule has 0 fully saturated rings. The van der Waals surface area contributed by atoms with Gasteiger partial charge in [0.15, 0.2) is 0 Å². The Morgan fingerprint density at radius 1 is 1.15 bits per heavy atom. The van der Waals surface area contributed by atoms with Gasteiger partial charge in [-0.25, -0.2) is 0 Å². The van der Waals surface area contributed by atoms with Gasteiger partial charge in [0.2, 0.25) is 0 Å². The molecule has 1 nitrogen and oxygen atoms in total. The molecule has 0 unspecified atom stereocenters. The molecule has 0 saturated carbocycles. The third kappa shape index (κ3) is 1.72. The lowest BCUT2D eigenvalue weighted by Gasteiger charge is -2.48. The molecule has 0 aliphatic heterocycles. The Balaban J connectivity index is 2.03. The van der Waals surface area contributed by atoms with E-state index in [4.69, 9.17) is 0 Å². The second-order valence-electron chi connectivity index (χ2n) is 9.92. The summed E-state index contributed by atoms with van der Waals surface area (Å²) in [6.45, 7) is 16.2. The maximum Gasteiger partial charge on any atom is 0.0465 e. The number of H-pyrrole nitrogens is 1. The third-order valence-electron chi connectivity index (χ3n) is 7.63. The van der Waals surface area contributed by atoms with E-state index < -0.39 is 0 Å². The van der Waals surface area contributed by atoms with Crippen molar-refractivity contribution < 1.29 is 0 Å². The lowest BCUT2D eigenvalue weighted by Crippen LogP contribution is -2.38. The molecule has 1 aromatic heterocycles. The predicted octanol–water partition coefficient (Wildman–Crippen LogP) is 6.66. The van der Waals surface area contributed by atoms with E-state index in [9.17, 15) is 0 Å². The van der Waals surface area contributed by atoms with Gasteiger partial charge < -0.3 is 4.98 Å². The molecule has 3 aliphatic carbocycles. The monoisotopic (exact) mass is 343 g/mol. The van der Waals surface area contributed by atoms with E-state index in [1.54, 1.807) is 5.57 Å². The summed E-state index contributed by atoms with van der Waals surface area (Å²) in [5.41, 5.74) is 8.98. The Labute approximate surface area is 156 Å². The standard InChI is InChI=1S/C25H29N/c1-7-25(6)14-12-16-19-17(25)11-13-23(2,3)22-21(19)20-15(24(16,4)5)9-8-10-18(20)26-22/h7-11,13,16,26H,1,12,14H2,2-6H3/t16-,25-/m0/s1. The van der Waals surface area contributed by atoms with Crippen LogP contribution in [0.2, 0.25) is 0 Å². The molecule has 0 radical (unpaired) electrons. The molecule has 2 aromatic rings. The maximum absolute atomic E-state index is 4.22. The minimum atomic E-state index is -0.00290. The second-order valence-corrected chi connectivity index (χ2v) is 9.92. The van der Waals surface area contributed by atoms with Crippen LogP contribution in [0.4, 0.5) is 0 Å². The van der Waals surface area contributed by atoms with Crippen molar-refractivity contribution in [2.45, 2.75) is 58.3 Å². The largest absolute Gasteiger partial charge is 0.357 e. The summed E-state index contributed by atoms with van der Waals surface area (Å²) >= 11 is 0. The van der Waals surface area contributed by atoms with Gasteiger partial charge in [0.05, 0.1) is 0 Å². The Bertz CT molecular complexity index is 1020. The summed E-state index contributed by atoms with van der Waals surface area (Å²) in [6.07, 6.45) is 9.42. The first-order chi connectivity index (χ1) is 12.2. The van der Waals surface area contributed by atoms with E-state index in [-0.39, 0.29) is 16.2 Å². The van der Waals surface area contributed by atoms with Gasteiger partial charge >= 0.3 is 0 Å². The Morgan fingerprint density at radius 2 is 1.92 bits per heavy atom. The van der Waals surface area contributed by atoms with Crippen LogP contribution in [0.25, 0.3) is 16.5 Å². The summed E-state index contributed by atoms with van der Waals surface area (Å²) < 4.78 is 0. The molecule has 2 atom stereocenters. The molecule has 1 N–H and O–H groups in total. The van der Waals surface area contributed by atoms with Gasteiger partial charge in [-0.1, -0.05) is 65.0 Å². The molecule has 5 rings (SSSR count). The zero-order valence-corrected chi connectivity index (χ0v) is 16.7. The predicted molar refractivity (Wildman–Crippen MR) is 111 cm³/mol. The number of rotatable bonds is 1. The van der Waals surface area contributed by atoms with Crippen LogP contribution in [0.5, 0.6) is 0 Å². The van der Waals surface area contributed by atoms with Gasteiger partial charge in [-0.2, -0.15) is 0 Å². The Morgan fingerprint density at radius 3 is 2.65 bits per heavy atom. The molecule has 0 bridgehead atoms. The molecule has 1 heterocycles. The van der Waals surface area contributed by atoms with Gasteiger partial charge in [-0.3, -0.25) is 0 Å². The van der Waals surface area contributed by atoms with E-state index in [1.165, 1.54) is 46.1 Å². The quantitative estimate of drug-likeness (QED) is 0.557. The van der Waals surface area contributed by atoms with Crippen molar-refractivity contribution in [3.63, 3.8) is 0 Å². The van der Waals surface area contributed by atoms with Crippen molar-refractivity contribution >= 4 is 16.5 Å². The Kier molecular flexibility index (Phi) is 2.88. The number of aromatic nitrogens is 1. The minimum absolute atomic E-state index is 0.00290. The third-order valence-corrected chi connectivity index (χ3v) is 7.63. The van der Waals surface area contributed by atoms with Crippen molar-refractivity contribution in [1.82, 2.24) is 4.98 Å². The molecule has 0 amide bonds. The van der Waals surface area contributed by atoms with E-state index >= 15 is 0 Å². The highest BCUT2D eigenvalue weighted by molar-refractivity contribution is 6.02. The SMILES string of the molecule is C=C[C@@]1(C)CC[C@H]2C3=C1C=CC(C)(C)c1[nH]c4cccc(c4c13)C2(C)C. The normalized spacial score (nSPS) is 30.4. The smallest absolute Gasteiger partial charge is 0.0465 e. The van der Waals surface area contributed by atoms with E-state index in [0.29, 0.717) is 5.92 Å². The van der Waals surface area contributed by atoms with Crippen LogP contribution < -0.4 is 0 Å². The lowest BCUT2D eigenvalue weighted by molar-refractivity contribution is 0.303. The number of benzene rings is 1. The fourth-order valence-corrected chi connectivity index (χ4v) is 5.84. The first-order valence-corrected chi connectivity index (χ1v) is 9.94. The zero-order valence-electron chi connectivity index (χ0n) is 16.7. The summed E-state index contributed by atoms with van der Waals surface area (Å²) in [5, 5.41) is 1.46. The van der Waals surface area contributed by atoms with Crippen molar-refractivity contribution in [1.29, 1.82) is 0 Å². The molecule has 26 heavy (non-hydrogen) atoms. The summed E-state index contributed by atoms with van der Waals surface area (Å²) in [6, 6.07) is 6.84. The number of hydrogen-bond donors (Lipinski definition) is 1. The van der Waals surface area contributed by atoms with Crippen LogP contribution in [-0.4, -0.2) is 4.98 Å². The maximum atomic E-state index is 4.22. The number of aromatic amines is 1. The highest BCUT2D eigenvalue weighted by Gasteiger charge is 2.49. The first kappa shape index (κ1) is 16.2. The van der Waals surface area contributed by atoms with Gasteiger partial charge in [0.1, 0.15) is 0 Å². The van der Waals surface area contributed by atoms with Crippen molar-refractivity contribution in [2.75, 3.05) is 0 Å². The Hall–Kier alpha value is -2.02. The molecule has 0 saturated heterocycles. The van der Waals surface area contributed by atoms with Crippen molar-refractivity contribution in [3.05, 3.63) is 65.4 Å². The number of nitrogens with one attached hydrogen (secondary N) is 1. The van der Waals surface area contributed by atoms with Gasteiger partial charge in [-0.15, -0.1) is 6.58 Å².